The number of carbonyl (C=O) groups is 1. The lowest BCUT2D eigenvalue weighted by molar-refractivity contribution is 0.0198. The van der Waals surface area contributed by atoms with E-state index >= 15 is 0 Å². The molecule has 0 radical (unpaired) electrons. The first kappa shape index (κ1) is 17.0. The maximum Gasteiger partial charge on any atom is 0.410 e. The third-order valence-electron chi connectivity index (χ3n) is 3.43. The summed E-state index contributed by atoms with van der Waals surface area (Å²) in [5.41, 5.74) is 0.299. The van der Waals surface area contributed by atoms with Crippen molar-refractivity contribution in [1.29, 1.82) is 0 Å². The lowest BCUT2D eigenvalue weighted by atomic mass is 10.1. The van der Waals surface area contributed by atoms with Gasteiger partial charge in [0.15, 0.2) is 5.15 Å². The van der Waals surface area contributed by atoms with E-state index in [9.17, 15) is 4.79 Å². The van der Waals surface area contributed by atoms with Gasteiger partial charge in [0.05, 0.1) is 5.69 Å². The standard InChI is InChI=1S/C15H23ClN4O2/c1-15(2,3)22-14(21)20-8-4-11(5-9-20)19-10-12-13(16)18-7-6-17-12/h6-7,11,19H,4-5,8-10H2,1-3H3. The van der Waals surface area contributed by atoms with E-state index in [2.05, 4.69) is 15.3 Å². The monoisotopic (exact) mass is 326 g/mol. The van der Waals surface area contributed by atoms with Crippen molar-refractivity contribution in [2.45, 2.75) is 51.8 Å². The Morgan fingerprint density at radius 1 is 1.36 bits per heavy atom. The van der Waals surface area contributed by atoms with Gasteiger partial charge in [0, 0.05) is 38.1 Å². The van der Waals surface area contributed by atoms with Gasteiger partial charge < -0.3 is 15.0 Å². The Balaban J connectivity index is 1.76. The second-order valence-corrected chi connectivity index (χ2v) is 6.77. The Labute approximate surface area is 136 Å². The molecule has 6 nitrogen and oxygen atoms in total. The van der Waals surface area contributed by atoms with Crippen LogP contribution < -0.4 is 5.32 Å². The Morgan fingerprint density at radius 3 is 2.59 bits per heavy atom. The van der Waals surface area contributed by atoms with Crippen molar-refractivity contribution in [3.63, 3.8) is 0 Å². The summed E-state index contributed by atoms with van der Waals surface area (Å²) in [7, 11) is 0. The van der Waals surface area contributed by atoms with Crippen LogP contribution in [-0.2, 0) is 11.3 Å². The van der Waals surface area contributed by atoms with Crippen LogP contribution in [0.3, 0.4) is 0 Å². The fourth-order valence-corrected chi connectivity index (χ4v) is 2.47. The molecule has 0 bridgehead atoms. The molecule has 2 heterocycles. The third-order valence-corrected chi connectivity index (χ3v) is 3.74. The molecular weight excluding hydrogens is 304 g/mol. The number of nitrogens with zero attached hydrogens (tertiary/aromatic N) is 3. The van der Waals surface area contributed by atoms with Crippen LogP contribution in [0, 0.1) is 0 Å². The Bertz CT molecular complexity index is 511. The molecule has 0 spiro atoms. The second-order valence-electron chi connectivity index (χ2n) is 6.42. The van der Waals surface area contributed by atoms with E-state index in [4.69, 9.17) is 16.3 Å². The van der Waals surface area contributed by atoms with Crippen molar-refractivity contribution < 1.29 is 9.53 Å². The number of amides is 1. The fourth-order valence-electron chi connectivity index (χ4n) is 2.30. The maximum absolute atomic E-state index is 12.0. The minimum absolute atomic E-state index is 0.233. The molecule has 0 unspecified atom stereocenters. The van der Waals surface area contributed by atoms with Crippen molar-refractivity contribution in [3.8, 4) is 0 Å². The molecule has 1 amide bonds. The van der Waals surface area contributed by atoms with Crippen LogP contribution in [0.15, 0.2) is 12.4 Å². The van der Waals surface area contributed by atoms with Crippen LogP contribution in [-0.4, -0.2) is 45.7 Å². The molecule has 0 atom stereocenters. The normalized spacial score (nSPS) is 16.6. The van der Waals surface area contributed by atoms with Crippen molar-refractivity contribution in [3.05, 3.63) is 23.2 Å². The molecule has 1 aromatic heterocycles. The van der Waals surface area contributed by atoms with Gasteiger partial charge in [0.2, 0.25) is 0 Å². The maximum atomic E-state index is 12.0. The van der Waals surface area contributed by atoms with Gasteiger partial charge >= 0.3 is 6.09 Å². The van der Waals surface area contributed by atoms with Crippen molar-refractivity contribution >= 4 is 17.7 Å². The minimum atomic E-state index is -0.449. The first-order chi connectivity index (χ1) is 10.3. The molecule has 7 heteroatoms. The number of carbonyl (C=O) groups excluding carboxylic acids is 1. The number of halogens is 1. The van der Waals surface area contributed by atoms with Crippen LogP contribution in [0.5, 0.6) is 0 Å². The largest absolute Gasteiger partial charge is 0.444 e. The number of piperidine rings is 1. The van der Waals surface area contributed by atoms with Crippen molar-refractivity contribution in [2.24, 2.45) is 0 Å². The van der Waals surface area contributed by atoms with Crippen LogP contribution in [0.25, 0.3) is 0 Å². The average molecular weight is 327 g/mol. The number of hydrogen-bond donors (Lipinski definition) is 1. The van der Waals surface area contributed by atoms with Crippen LogP contribution in [0.2, 0.25) is 5.15 Å². The predicted molar refractivity (Wildman–Crippen MR) is 84.7 cm³/mol. The molecule has 1 aromatic rings. The zero-order chi connectivity index (χ0) is 16.2. The van der Waals surface area contributed by atoms with Gasteiger partial charge in [0.1, 0.15) is 5.60 Å². The number of aromatic nitrogens is 2. The van der Waals surface area contributed by atoms with Gasteiger partial charge in [-0.1, -0.05) is 11.6 Å². The van der Waals surface area contributed by atoms with E-state index in [1.165, 1.54) is 0 Å². The lowest BCUT2D eigenvalue weighted by Gasteiger charge is -2.33. The Hall–Kier alpha value is -1.40. The van der Waals surface area contributed by atoms with Gasteiger partial charge in [-0.3, -0.25) is 4.98 Å². The first-order valence-corrected chi connectivity index (χ1v) is 7.89. The topological polar surface area (TPSA) is 67.3 Å². The summed E-state index contributed by atoms with van der Waals surface area (Å²) < 4.78 is 5.39. The molecule has 0 aliphatic carbocycles. The highest BCUT2D eigenvalue weighted by molar-refractivity contribution is 6.29. The molecule has 0 aromatic carbocycles. The average Bonchev–Trinajstić information content (AvgIpc) is 2.45. The van der Waals surface area contributed by atoms with Gasteiger partial charge in [-0.2, -0.15) is 0 Å². The molecule has 0 saturated carbocycles. The number of ether oxygens (including phenoxy) is 1. The van der Waals surface area contributed by atoms with E-state index < -0.39 is 5.60 Å². The molecule has 1 saturated heterocycles. The van der Waals surface area contributed by atoms with Gasteiger partial charge in [-0.25, -0.2) is 9.78 Å². The summed E-state index contributed by atoms with van der Waals surface area (Å²) in [6.45, 7) is 7.61. The molecule has 1 aliphatic rings. The molecule has 22 heavy (non-hydrogen) atoms. The molecule has 1 N–H and O–H groups in total. The third kappa shape index (κ3) is 5.10. The quantitative estimate of drug-likeness (QED) is 0.924. The predicted octanol–water partition coefficient (Wildman–Crippen LogP) is 2.62. The fraction of sp³-hybridized carbons (Fsp3) is 0.667. The summed E-state index contributed by atoms with van der Waals surface area (Å²) in [4.78, 5) is 22.0. The second kappa shape index (κ2) is 7.24. The highest BCUT2D eigenvalue weighted by Crippen LogP contribution is 2.16. The van der Waals surface area contributed by atoms with Crippen molar-refractivity contribution in [2.75, 3.05) is 13.1 Å². The summed E-state index contributed by atoms with van der Waals surface area (Å²) in [5, 5.41) is 3.85. The molecule has 1 fully saturated rings. The summed E-state index contributed by atoms with van der Waals surface area (Å²) >= 11 is 5.99. The van der Waals surface area contributed by atoms with E-state index in [-0.39, 0.29) is 6.09 Å². The number of nitrogens with one attached hydrogen (secondary N) is 1. The number of hydrogen-bond acceptors (Lipinski definition) is 5. The first-order valence-electron chi connectivity index (χ1n) is 7.52. The van der Waals surface area contributed by atoms with E-state index in [1.54, 1.807) is 17.3 Å². The lowest BCUT2D eigenvalue weighted by Crippen LogP contribution is -2.46. The number of likely N-dealkylation sites (tertiary alicyclic amines) is 1. The summed E-state index contributed by atoms with van der Waals surface area (Å²) in [5.74, 6) is 0. The zero-order valence-corrected chi connectivity index (χ0v) is 14.1. The van der Waals surface area contributed by atoms with Crippen molar-refractivity contribution in [1.82, 2.24) is 20.2 Å². The van der Waals surface area contributed by atoms with E-state index in [0.717, 1.165) is 18.5 Å². The molecular formula is C15H23ClN4O2. The zero-order valence-electron chi connectivity index (χ0n) is 13.3. The highest BCUT2D eigenvalue weighted by Gasteiger charge is 2.26. The van der Waals surface area contributed by atoms with Gasteiger partial charge in [0.25, 0.3) is 0 Å². The van der Waals surface area contributed by atoms with E-state index in [1.807, 2.05) is 20.8 Å². The van der Waals surface area contributed by atoms with Crippen LogP contribution in [0.4, 0.5) is 4.79 Å². The molecule has 122 valence electrons. The van der Waals surface area contributed by atoms with E-state index in [0.29, 0.717) is 30.8 Å². The molecule has 2 rings (SSSR count). The summed E-state index contributed by atoms with van der Waals surface area (Å²) in [6.07, 6.45) is 4.75. The van der Waals surface area contributed by atoms with Gasteiger partial charge in [-0.15, -0.1) is 0 Å². The highest BCUT2D eigenvalue weighted by atomic mass is 35.5. The van der Waals surface area contributed by atoms with Crippen LogP contribution in [0.1, 0.15) is 39.3 Å². The van der Waals surface area contributed by atoms with Gasteiger partial charge in [-0.05, 0) is 33.6 Å². The minimum Gasteiger partial charge on any atom is -0.444 e. The van der Waals surface area contributed by atoms with Crippen LogP contribution >= 0.6 is 11.6 Å². The Kier molecular flexibility index (Phi) is 5.58. The SMILES string of the molecule is CC(C)(C)OC(=O)N1CCC(NCc2nccnc2Cl)CC1. The number of rotatable bonds is 3. The summed E-state index contributed by atoms with van der Waals surface area (Å²) in [6, 6.07) is 0.344. The molecule has 1 aliphatic heterocycles. The smallest absolute Gasteiger partial charge is 0.410 e. The Morgan fingerprint density at radius 2 is 2.00 bits per heavy atom.